The molecule has 5 nitrogen and oxygen atoms in total. The molecule has 0 spiro atoms. The molecule has 3 N–H and O–H groups in total. The minimum absolute atomic E-state index is 0.229. The monoisotopic (exact) mass is 231 g/mol. The number of rotatable bonds is 10. The molecule has 0 fully saturated rings. The molecule has 0 aliphatic carbocycles. The van der Waals surface area contributed by atoms with Gasteiger partial charge in [-0.25, -0.2) is 0 Å². The Labute approximate surface area is 98.4 Å². The maximum absolute atomic E-state index is 7.20. The summed E-state index contributed by atoms with van der Waals surface area (Å²) in [5, 5.41) is 7.20. The molecule has 0 aliphatic heterocycles. The van der Waals surface area contributed by atoms with Gasteiger partial charge in [0, 0.05) is 33.2 Å². The Bertz CT molecular complexity index is 186. The fraction of sp³-hybridized carbons (Fsp3) is 0.909. The van der Waals surface area contributed by atoms with Crippen LogP contribution in [0.15, 0.2) is 0 Å². The van der Waals surface area contributed by atoms with Crippen molar-refractivity contribution in [2.45, 2.75) is 26.4 Å². The predicted octanol–water partition coefficient (Wildman–Crippen LogP) is 0.686. The van der Waals surface area contributed by atoms with E-state index in [1.807, 2.05) is 13.8 Å². The van der Waals surface area contributed by atoms with E-state index in [-0.39, 0.29) is 11.9 Å². The van der Waals surface area contributed by atoms with Crippen LogP contribution in [-0.2, 0) is 9.47 Å². The van der Waals surface area contributed by atoms with Crippen molar-refractivity contribution in [1.29, 1.82) is 5.41 Å². The van der Waals surface area contributed by atoms with Crippen molar-refractivity contribution >= 4 is 5.84 Å². The first-order valence-corrected chi connectivity index (χ1v) is 5.72. The Morgan fingerprint density at radius 1 is 1.25 bits per heavy atom. The van der Waals surface area contributed by atoms with Crippen LogP contribution >= 0.6 is 0 Å². The molecule has 0 amide bonds. The summed E-state index contributed by atoms with van der Waals surface area (Å²) in [6.07, 6.45) is 0.864. The second kappa shape index (κ2) is 9.57. The molecule has 0 aliphatic rings. The van der Waals surface area contributed by atoms with E-state index < -0.39 is 0 Å². The van der Waals surface area contributed by atoms with Gasteiger partial charge in [-0.15, -0.1) is 0 Å². The molecular weight excluding hydrogens is 206 g/mol. The zero-order chi connectivity index (χ0) is 12.4. The minimum atomic E-state index is 0.229. The number of nitrogens with one attached hydrogen (secondary N) is 1. The van der Waals surface area contributed by atoms with Crippen LogP contribution < -0.4 is 5.73 Å². The quantitative estimate of drug-likeness (QED) is 0.428. The molecule has 0 saturated heterocycles. The van der Waals surface area contributed by atoms with Gasteiger partial charge in [0.1, 0.15) is 0 Å². The average molecular weight is 231 g/mol. The third-order valence-corrected chi connectivity index (χ3v) is 2.17. The van der Waals surface area contributed by atoms with Crippen molar-refractivity contribution in [2.75, 3.05) is 40.0 Å². The molecule has 0 aromatic heterocycles. The van der Waals surface area contributed by atoms with Crippen molar-refractivity contribution in [3.05, 3.63) is 0 Å². The summed E-state index contributed by atoms with van der Waals surface area (Å²) in [6.45, 7) is 7.95. The molecule has 0 aromatic rings. The highest BCUT2D eigenvalue weighted by atomic mass is 16.5. The topological polar surface area (TPSA) is 71.6 Å². The molecule has 0 aromatic carbocycles. The summed E-state index contributed by atoms with van der Waals surface area (Å²) in [7, 11) is 1.69. The van der Waals surface area contributed by atoms with Gasteiger partial charge in [0.25, 0.3) is 0 Å². The van der Waals surface area contributed by atoms with Gasteiger partial charge in [-0.05, 0) is 13.8 Å². The molecule has 96 valence electrons. The number of nitrogens with zero attached hydrogens (tertiary/aromatic N) is 1. The zero-order valence-electron chi connectivity index (χ0n) is 10.7. The number of amidine groups is 1. The van der Waals surface area contributed by atoms with Crippen LogP contribution in [0.5, 0.6) is 0 Å². The molecule has 0 unspecified atom stereocenters. The molecule has 0 heterocycles. The van der Waals surface area contributed by atoms with Crippen LogP contribution in [0.1, 0.15) is 20.3 Å². The van der Waals surface area contributed by atoms with Gasteiger partial charge in [-0.3, -0.25) is 10.3 Å². The largest absolute Gasteiger partial charge is 0.388 e. The second-order valence-electron chi connectivity index (χ2n) is 4.03. The maximum atomic E-state index is 7.20. The van der Waals surface area contributed by atoms with Crippen molar-refractivity contribution < 1.29 is 9.47 Å². The van der Waals surface area contributed by atoms with Gasteiger partial charge >= 0.3 is 0 Å². The Balaban J connectivity index is 3.75. The van der Waals surface area contributed by atoms with Crippen LogP contribution in [0.25, 0.3) is 0 Å². The number of hydrogen-bond donors (Lipinski definition) is 2. The number of ether oxygens (including phenoxy) is 2. The Morgan fingerprint density at radius 3 is 2.38 bits per heavy atom. The molecule has 5 heteroatoms. The van der Waals surface area contributed by atoms with Crippen molar-refractivity contribution in [1.82, 2.24) is 4.90 Å². The highest BCUT2D eigenvalue weighted by molar-refractivity contribution is 5.76. The molecule has 0 atom stereocenters. The summed E-state index contributed by atoms with van der Waals surface area (Å²) in [6, 6.07) is 0. The average Bonchev–Trinajstić information content (AvgIpc) is 2.20. The van der Waals surface area contributed by atoms with Crippen LogP contribution in [0, 0.1) is 5.41 Å². The summed E-state index contributed by atoms with van der Waals surface area (Å²) in [5.74, 6) is 0.229. The Kier molecular flexibility index (Phi) is 9.18. The van der Waals surface area contributed by atoms with Crippen molar-refractivity contribution in [3.63, 3.8) is 0 Å². The van der Waals surface area contributed by atoms with E-state index >= 15 is 0 Å². The SMILES string of the molecule is COCCN(CCOC(C)C)CCC(=N)N. The smallest absolute Gasteiger partial charge is 0.0918 e. The summed E-state index contributed by atoms with van der Waals surface area (Å²) >= 11 is 0. The van der Waals surface area contributed by atoms with E-state index in [0.29, 0.717) is 19.6 Å². The van der Waals surface area contributed by atoms with Crippen LogP contribution in [0.2, 0.25) is 0 Å². The molecule has 0 rings (SSSR count). The van der Waals surface area contributed by atoms with Crippen LogP contribution in [0.3, 0.4) is 0 Å². The molecule has 0 bridgehead atoms. The van der Waals surface area contributed by atoms with Gasteiger partial charge in [0.05, 0.1) is 25.2 Å². The number of methoxy groups -OCH3 is 1. The summed E-state index contributed by atoms with van der Waals surface area (Å²) in [5.41, 5.74) is 5.34. The van der Waals surface area contributed by atoms with E-state index in [1.54, 1.807) is 7.11 Å². The molecule has 0 radical (unpaired) electrons. The van der Waals surface area contributed by atoms with Gasteiger partial charge in [-0.1, -0.05) is 0 Å². The third kappa shape index (κ3) is 9.89. The normalized spacial score (nSPS) is 11.3. The third-order valence-electron chi connectivity index (χ3n) is 2.17. The zero-order valence-corrected chi connectivity index (χ0v) is 10.7. The lowest BCUT2D eigenvalue weighted by Gasteiger charge is -2.22. The minimum Gasteiger partial charge on any atom is -0.388 e. The maximum Gasteiger partial charge on any atom is 0.0918 e. The van der Waals surface area contributed by atoms with Gasteiger partial charge < -0.3 is 15.2 Å². The van der Waals surface area contributed by atoms with E-state index in [0.717, 1.165) is 19.6 Å². The van der Waals surface area contributed by atoms with E-state index in [4.69, 9.17) is 20.6 Å². The lowest BCUT2D eigenvalue weighted by Crippen LogP contribution is -2.34. The van der Waals surface area contributed by atoms with E-state index in [9.17, 15) is 0 Å². The number of nitrogens with two attached hydrogens (primary N) is 1. The highest BCUT2D eigenvalue weighted by Gasteiger charge is 2.05. The Hall–Kier alpha value is -0.650. The first-order valence-electron chi connectivity index (χ1n) is 5.72. The summed E-state index contributed by atoms with van der Waals surface area (Å²) < 4.78 is 10.5. The van der Waals surface area contributed by atoms with E-state index in [1.165, 1.54) is 0 Å². The van der Waals surface area contributed by atoms with Crippen molar-refractivity contribution in [3.8, 4) is 0 Å². The first kappa shape index (κ1) is 15.3. The van der Waals surface area contributed by atoms with Crippen molar-refractivity contribution in [2.24, 2.45) is 5.73 Å². The van der Waals surface area contributed by atoms with Gasteiger partial charge in [0.2, 0.25) is 0 Å². The summed E-state index contributed by atoms with van der Waals surface area (Å²) in [4.78, 5) is 2.20. The lowest BCUT2D eigenvalue weighted by molar-refractivity contribution is 0.0530. The molecule has 0 saturated carbocycles. The lowest BCUT2D eigenvalue weighted by atomic mass is 10.3. The first-order chi connectivity index (χ1) is 7.56. The molecule has 16 heavy (non-hydrogen) atoms. The second-order valence-corrected chi connectivity index (χ2v) is 4.03. The standard InChI is InChI=1S/C11H25N3O2/c1-10(2)16-9-7-14(6-8-15-3)5-4-11(12)13/h10H,4-9H2,1-3H3,(H3,12,13). The fourth-order valence-corrected chi connectivity index (χ4v) is 1.25. The fourth-order valence-electron chi connectivity index (χ4n) is 1.25. The number of hydrogen-bond acceptors (Lipinski definition) is 4. The van der Waals surface area contributed by atoms with Crippen LogP contribution in [0.4, 0.5) is 0 Å². The predicted molar refractivity (Wildman–Crippen MR) is 65.9 cm³/mol. The highest BCUT2D eigenvalue weighted by Crippen LogP contribution is 1.94. The Morgan fingerprint density at radius 2 is 1.88 bits per heavy atom. The molecular formula is C11H25N3O2. The van der Waals surface area contributed by atoms with E-state index in [2.05, 4.69) is 4.90 Å². The van der Waals surface area contributed by atoms with Gasteiger partial charge in [-0.2, -0.15) is 0 Å². The van der Waals surface area contributed by atoms with Crippen LogP contribution in [-0.4, -0.2) is 56.8 Å². The van der Waals surface area contributed by atoms with Gasteiger partial charge in [0.15, 0.2) is 0 Å².